The molecule has 0 aliphatic carbocycles. The van der Waals surface area contributed by atoms with Gasteiger partial charge in [0.05, 0.1) is 19.3 Å². The first-order valence-corrected chi connectivity index (χ1v) is 14.1. The Morgan fingerprint density at radius 3 is 2.28 bits per heavy atom. The third-order valence-electron chi connectivity index (χ3n) is 6.20. The highest BCUT2D eigenvalue weighted by molar-refractivity contribution is 5.82. The van der Waals surface area contributed by atoms with Gasteiger partial charge in [-0.15, -0.1) is 0 Å². The van der Waals surface area contributed by atoms with Crippen LogP contribution in [0.2, 0.25) is 0 Å². The van der Waals surface area contributed by atoms with Gasteiger partial charge in [-0.05, 0) is 61.9 Å². The molecule has 0 saturated heterocycles. The van der Waals surface area contributed by atoms with Crippen LogP contribution in [0.15, 0.2) is 48.5 Å². The molecule has 0 saturated carbocycles. The second kappa shape index (κ2) is 16.3. The Balaban J connectivity index is 1.88. The number of halogens is 2. The molecule has 0 aliphatic heterocycles. The second-order valence-corrected chi connectivity index (χ2v) is 12.3. The first kappa shape index (κ1) is 35.6. The Hall–Kier alpha value is -3.61. The monoisotopic (exact) mass is 606 g/mol. The van der Waals surface area contributed by atoms with E-state index in [1.807, 2.05) is 30.3 Å². The zero-order chi connectivity index (χ0) is 32.2. The summed E-state index contributed by atoms with van der Waals surface area (Å²) < 4.78 is 38.2. The lowest BCUT2D eigenvalue weighted by Gasteiger charge is -2.29. The van der Waals surface area contributed by atoms with Gasteiger partial charge in [0.15, 0.2) is 6.10 Å². The van der Waals surface area contributed by atoms with Crippen molar-refractivity contribution in [3.8, 4) is 0 Å². The summed E-state index contributed by atoms with van der Waals surface area (Å²) in [5.74, 6) is -2.32. The van der Waals surface area contributed by atoms with Gasteiger partial charge in [-0.2, -0.15) is 0 Å². The minimum atomic E-state index is -1.66. The van der Waals surface area contributed by atoms with Gasteiger partial charge in [-0.1, -0.05) is 44.2 Å². The Kier molecular flexibility index (Phi) is 13.5. The Bertz CT molecular complexity index is 1210. The molecule has 0 radical (unpaired) electrons. The molecule has 0 aromatic heterocycles. The van der Waals surface area contributed by atoms with Gasteiger partial charge >= 0.3 is 6.09 Å². The van der Waals surface area contributed by atoms with Crippen molar-refractivity contribution in [2.45, 2.75) is 77.9 Å². The van der Waals surface area contributed by atoms with Crippen LogP contribution in [0.3, 0.4) is 0 Å². The van der Waals surface area contributed by atoms with Crippen molar-refractivity contribution in [2.24, 2.45) is 11.1 Å². The third-order valence-corrected chi connectivity index (χ3v) is 6.20. The van der Waals surface area contributed by atoms with Crippen molar-refractivity contribution >= 4 is 17.9 Å². The molecule has 10 nitrogen and oxygen atoms in total. The first-order valence-electron chi connectivity index (χ1n) is 14.1. The number of carbonyl (C=O) groups excluding carboxylic acids is 3. The van der Waals surface area contributed by atoms with Crippen LogP contribution in [-0.2, 0) is 32.1 Å². The van der Waals surface area contributed by atoms with Crippen molar-refractivity contribution in [1.29, 1.82) is 0 Å². The molecule has 12 heteroatoms. The minimum absolute atomic E-state index is 0.0120. The van der Waals surface area contributed by atoms with Crippen LogP contribution in [0, 0.1) is 17.0 Å². The van der Waals surface area contributed by atoms with Crippen LogP contribution < -0.4 is 21.7 Å². The second-order valence-electron chi connectivity index (χ2n) is 12.3. The van der Waals surface area contributed by atoms with E-state index in [1.54, 1.807) is 34.6 Å². The molecule has 6 N–H and O–H groups in total. The van der Waals surface area contributed by atoms with E-state index in [1.165, 1.54) is 0 Å². The van der Waals surface area contributed by atoms with E-state index in [2.05, 4.69) is 16.0 Å². The number of amides is 3. The fraction of sp³-hybridized carbons (Fsp3) is 0.516. The van der Waals surface area contributed by atoms with Gasteiger partial charge in [0.1, 0.15) is 17.2 Å². The zero-order valence-corrected chi connectivity index (χ0v) is 25.4. The fourth-order valence-corrected chi connectivity index (χ4v) is 3.93. The number of aliphatic hydroxyl groups is 1. The summed E-state index contributed by atoms with van der Waals surface area (Å²) >= 11 is 0. The molecule has 3 unspecified atom stereocenters. The number of carbonyl (C=O) groups is 3. The number of nitrogens with two attached hydrogens (primary N) is 1. The average Bonchev–Trinajstić information content (AvgIpc) is 2.91. The number of hydrogen-bond acceptors (Lipinski definition) is 7. The summed E-state index contributed by atoms with van der Waals surface area (Å²) in [6.07, 6.45) is -2.59. The van der Waals surface area contributed by atoms with E-state index < -0.39 is 52.8 Å². The van der Waals surface area contributed by atoms with Crippen molar-refractivity contribution in [3.05, 3.63) is 71.3 Å². The molecule has 238 valence electrons. The van der Waals surface area contributed by atoms with Gasteiger partial charge in [0, 0.05) is 25.6 Å². The van der Waals surface area contributed by atoms with Crippen LogP contribution in [0.4, 0.5) is 13.6 Å². The number of rotatable bonds is 15. The molecule has 3 amide bonds. The number of ether oxygens (including phenoxy) is 2. The predicted molar refractivity (Wildman–Crippen MR) is 158 cm³/mol. The molecule has 2 rings (SSSR count). The number of alkyl carbamates (subject to hydrolysis) is 1. The van der Waals surface area contributed by atoms with Crippen molar-refractivity contribution in [1.82, 2.24) is 16.0 Å². The average molecular weight is 607 g/mol. The third kappa shape index (κ3) is 13.9. The highest BCUT2D eigenvalue weighted by Crippen LogP contribution is 2.15. The van der Waals surface area contributed by atoms with E-state index >= 15 is 0 Å². The number of hydrogen-bond donors (Lipinski definition) is 5. The van der Waals surface area contributed by atoms with Gasteiger partial charge in [0.2, 0.25) is 5.91 Å². The first-order chi connectivity index (χ1) is 20.0. The molecule has 3 atom stereocenters. The summed E-state index contributed by atoms with van der Waals surface area (Å²) in [6.45, 7) is 8.93. The van der Waals surface area contributed by atoms with Gasteiger partial charge in [-0.25, -0.2) is 13.6 Å². The Morgan fingerprint density at radius 1 is 0.977 bits per heavy atom. The van der Waals surface area contributed by atoms with E-state index in [4.69, 9.17) is 15.2 Å². The summed E-state index contributed by atoms with van der Waals surface area (Å²) in [6, 6.07) is 10.5. The zero-order valence-electron chi connectivity index (χ0n) is 25.4. The lowest BCUT2D eigenvalue weighted by atomic mass is 9.93. The quantitative estimate of drug-likeness (QED) is 0.209. The predicted octanol–water partition coefficient (Wildman–Crippen LogP) is 2.95. The normalized spacial score (nSPS) is 13.9. The summed E-state index contributed by atoms with van der Waals surface area (Å²) in [7, 11) is 0. The molecular formula is C31H44F2N4O6. The van der Waals surface area contributed by atoms with Crippen LogP contribution in [0.1, 0.15) is 52.2 Å². The van der Waals surface area contributed by atoms with Crippen LogP contribution in [0.5, 0.6) is 0 Å². The highest BCUT2D eigenvalue weighted by Gasteiger charge is 2.31. The summed E-state index contributed by atoms with van der Waals surface area (Å²) in [4.78, 5) is 37.7. The molecule has 0 fully saturated rings. The SMILES string of the molecule is CC(C)(CNC(=O)CC(N)Cc1cc(F)ccc1F)CNC(=O)C(O)C(COCc1ccccc1)NC(=O)OC(C)(C)C. The number of benzene rings is 2. The van der Waals surface area contributed by atoms with E-state index in [0.29, 0.717) is 0 Å². The van der Waals surface area contributed by atoms with Crippen LogP contribution >= 0.6 is 0 Å². The molecule has 0 heterocycles. The van der Waals surface area contributed by atoms with Gasteiger partial charge < -0.3 is 36.3 Å². The molecule has 2 aromatic rings. The number of nitrogens with one attached hydrogen (secondary N) is 3. The fourth-order valence-electron chi connectivity index (χ4n) is 3.93. The van der Waals surface area contributed by atoms with E-state index in [-0.39, 0.29) is 50.6 Å². The molecule has 0 spiro atoms. The topological polar surface area (TPSA) is 152 Å². The highest BCUT2D eigenvalue weighted by atomic mass is 19.1. The molecule has 0 aliphatic rings. The Labute approximate surface area is 251 Å². The minimum Gasteiger partial charge on any atom is -0.444 e. The summed E-state index contributed by atoms with van der Waals surface area (Å²) in [5, 5.41) is 18.7. The van der Waals surface area contributed by atoms with E-state index in [0.717, 1.165) is 23.8 Å². The van der Waals surface area contributed by atoms with Gasteiger partial charge in [-0.3, -0.25) is 9.59 Å². The van der Waals surface area contributed by atoms with Crippen LogP contribution in [-0.4, -0.2) is 66.5 Å². The van der Waals surface area contributed by atoms with Crippen LogP contribution in [0.25, 0.3) is 0 Å². The van der Waals surface area contributed by atoms with Crippen molar-refractivity contribution in [2.75, 3.05) is 19.7 Å². The maximum atomic E-state index is 13.9. The lowest BCUT2D eigenvalue weighted by molar-refractivity contribution is -0.132. The standard InChI is InChI=1S/C31H44F2N4O6/c1-30(2,3)43-29(41)37-25(17-42-16-20-9-7-6-8-10-20)27(39)28(40)36-19-31(4,5)18-35-26(38)15-23(34)14-21-13-22(32)11-12-24(21)33/h6-13,23,25,27,39H,14-19,34H2,1-5H3,(H,35,38)(H,36,40)(H,37,41). The van der Waals surface area contributed by atoms with Gasteiger partial charge in [0.25, 0.3) is 5.91 Å². The van der Waals surface area contributed by atoms with E-state index in [9.17, 15) is 28.3 Å². The maximum absolute atomic E-state index is 13.9. The molecular weight excluding hydrogens is 562 g/mol. The number of aliphatic hydroxyl groups excluding tert-OH is 1. The van der Waals surface area contributed by atoms with Crippen molar-refractivity contribution in [3.63, 3.8) is 0 Å². The summed E-state index contributed by atoms with van der Waals surface area (Å²) in [5.41, 5.74) is 5.52. The largest absolute Gasteiger partial charge is 0.444 e. The Morgan fingerprint density at radius 2 is 1.63 bits per heavy atom. The lowest BCUT2D eigenvalue weighted by Crippen LogP contribution is -2.55. The smallest absolute Gasteiger partial charge is 0.408 e. The molecule has 43 heavy (non-hydrogen) atoms. The van der Waals surface area contributed by atoms with Crippen molar-refractivity contribution < 1.29 is 37.7 Å². The molecule has 2 aromatic carbocycles. The molecule has 0 bridgehead atoms. The maximum Gasteiger partial charge on any atom is 0.408 e.